The number of methoxy groups -OCH3 is 1. The highest BCUT2D eigenvalue weighted by Gasteiger charge is 2.24. The number of carboxylic acids is 1. The third-order valence-corrected chi connectivity index (χ3v) is 3.86. The standard InChI is InChI=1S/C10H11FN2O7S/c1-20-9(10(14)15)5-12-21(18,19)6-2-3-7(11)8(4-6)13(16)17/h2-4,9,12H,5H2,1H3,(H,14,15). The third-order valence-electron chi connectivity index (χ3n) is 2.44. The van der Waals surface area contributed by atoms with Gasteiger partial charge >= 0.3 is 11.7 Å². The van der Waals surface area contributed by atoms with E-state index in [0.717, 1.165) is 13.2 Å². The maximum absolute atomic E-state index is 13.1. The van der Waals surface area contributed by atoms with Gasteiger partial charge in [0.2, 0.25) is 15.8 Å². The summed E-state index contributed by atoms with van der Waals surface area (Å²) in [6.07, 6.45) is -1.42. The average Bonchev–Trinajstić information content (AvgIpc) is 2.38. The lowest BCUT2D eigenvalue weighted by Gasteiger charge is -2.12. The predicted octanol–water partition coefficient (Wildman–Crippen LogP) is 0.112. The van der Waals surface area contributed by atoms with Gasteiger partial charge in [0, 0.05) is 19.7 Å². The van der Waals surface area contributed by atoms with Gasteiger partial charge in [-0.1, -0.05) is 0 Å². The molecule has 0 aliphatic rings. The van der Waals surface area contributed by atoms with Crippen molar-refractivity contribution in [3.8, 4) is 0 Å². The number of nitrogens with zero attached hydrogens (tertiary/aromatic N) is 1. The molecule has 0 aromatic heterocycles. The van der Waals surface area contributed by atoms with Gasteiger partial charge in [-0.15, -0.1) is 0 Å². The highest BCUT2D eigenvalue weighted by atomic mass is 32.2. The average molecular weight is 322 g/mol. The molecule has 9 nitrogen and oxygen atoms in total. The largest absolute Gasteiger partial charge is 0.479 e. The van der Waals surface area contributed by atoms with Crippen LogP contribution >= 0.6 is 0 Å². The summed E-state index contributed by atoms with van der Waals surface area (Å²) in [6.45, 7) is -0.584. The fourth-order valence-electron chi connectivity index (χ4n) is 1.34. The number of nitro groups is 1. The van der Waals surface area contributed by atoms with Crippen LogP contribution in [0.2, 0.25) is 0 Å². The number of sulfonamides is 1. The summed E-state index contributed by atoms with van der Waals surface area (Å²) >= 11 is 0. The van der Waals surface area contributed by atoms with Crippen molar-refractivity contribution in [3.05, 3.63) is 34.1 Å². The van der Waals surface area contributed by atoms with Crippen LogP contribution < -0.4 is 4.72 Å². The van der Waals surface area contributed by atoms with Crippen LogP contribution in [-0.4, -0.2) is 44.2 Å². The zero-order valence-corrected chi connectivity index (χ0v) is 11.5. The van der Waals surface area contributed by atoms with Gasteiger partial charge < -0.3 is 9.84 Å². The lowest BCUT2D eigenvalue weighted by molar-refractivity contribution is -0.387. The number of rotatable bonds is 7. The lowest BCUT2D eigenvalue weighted by atomic mass is 10.3. The minimum absolute atomic E-state index is 0.542. The molecule has 0 heterocycles. The predicted molar refractivity (Wildman–Crippen MR) is 66.7 cm³/mol. The fraction of sp³-hybridized carbons (Fsp3) is 0.300. The molecule has 0 saturated carbocycles. The molecule has 116 valence electrons. The van der Waals surface area contributed by atoms with Crippen molar-refractivity contribution in [2.45, 2.75) is 11.0 Å². The van der Waals surface area contributed by atoms with Crippen molar-refractivity contribution in [1.29, 1.82) is 0 Å². The Morgan fingerprint density at radius 3 is 2.67 bits per heavy atom. The molecule has 1 unspecified atom stereocenters. The number of benzene rings is 1. The van der Waals surface area contributed by atoms with Gasteiger partial charge in [-0.25, -0.2) is 17.9 Å². The second-order valence-electron chi connectivity index (χ2n) is 3.78. The first-order valence-corrected chi connectivity index (χ1v) is 6.86. The van der Waals surface area contributed by atoms with E-state index in [1.807, 2.05) is 4.72 Å². The summed E-state index contributed by atoms with van der Waals surface area (Å²) in [5.41, 5.74) is -1.00. The van der Waals surface area contributed by atoms with E-state index in [-0.39, 0.29) is 0 Å². The van der Waals surface area contributed by atoms with E-state index >= 15 is 0 Å². The van der Waals surface area contributed by atoms with E-state index in [4.69, 9.17) is 5.11 Å². The van der Waals surface area contributed by atoms with Crippen molar-refractivity contribution in [2.24, 2.45) is 0 Å². The van der Waals surface area contributed by atoms with Gasteiger partial charge in [-0.3, -0.25) is 10.1 Å². The second kappa shape index (κ2) is 6.56. The Morgan fingerprint density at radius 2 is 2.19 bits per heavy atom. The number of aliphatic carboxylic acids is 1. The molecule has 0 saturated heterocycles. The first-order chi connectivity index (χ1) is 9.69. The molecular formula is C10H11FN2O7S. The summed E-state index contributed by atoms with van der Waals surface area (Å²) in [4.78, 5) is 19.6. The van der Waals surface area contributed by atoms with Crippen molar-refractivity contribution in [2.75, 3.05) is 13.7 Å². The molecule has 0 amide bonds. The summed E-state index contributed by atoms with van der Waals surface area (Å²) in [5, 5.41) is 19.3. The molecule has 1 rings (SSSR count). The minimum Gasteiger partial charge on any atom is -0.479 e. The smallest absolute Gasteiger partial charge is 0.334 e. The van der Waals surface area contributed by atoms with Crippen molar-refractivity contribution < 1.29 is 32.4 Å². The number of ether oxygens (including phenoxy) is 1. The molecule has 0 bridgehead atoms. The molecule has 1 aromatic carbocycles. The number of hydrogen-bond donors (Lipinski definition) is 2. The van der Waals surface area contributed by atoms with Crippen LogP contribution in [0.5, 0.6) is 0 Å². The Hall–Kier alpha value is -2.11. The van der Waals surface area contributed by atoms with Gasteiger partial charge in [0.15, 0.2) is 6.10 Å². The molecule has 2 N–H and O–H groups in total. The van der Waals surface area contributed by atoms with Gasteiger partial charge in [0.1, 0.15) is 0 Å². The number of carbonyl (C=O) groups is 1. The minimum atomic E-state index is -4.24. The van der Waals surface area contributed by atoms with Gasteiger partial charge in [0.25, 0.3) is 0 Å². The Kier molecular flexibility index (Phi) is 5.29. The Balaban J connectivity index is 3.01. The Morgan fingerprint density at radius 1 is 1.57 bits per heavy atom. The van der Waals surface area contributed by atoms with Gasteiger partial charge in [0.05, 0.1) is 9.82 Å². The van der Waals surface area contributed by atoms with Crippen LogP contribution in [0.25, 0.3) is 0 Å². The Labute approximate surface area is 118 Å². The quantitative estimate of drug-likeness (QED) is 0.537. The maximum atomic E-state index is 13.1. The highest BCUT2D eigenvalue weighted by molar-refractivity contribution is 7.89. The van der Waals surface area contributed by atoms with E-state index in [9.17, 15) is 27.7 Å². The van der Waals surface area contributed by atoms with Crippen LogP contribution in [0.15, 0.2) is 23.1 Å². The third kappa shape index (κ3) is 4.18. The Bertz CT molecular complexity index is 661. The summed E-state index contributed by atoms with van der Waals surface area (Å²) in [6, 6.07) is 2.01. The second-order valence-corrected chi connectivity index (χ2v) is 5.55. The van der Waals surface area contributed by atoms with Crippen LogP contribution in [-0.2, 0) is 19.6 Å². The summed E-state index contributed by atoms with van der Waals surface area (Å²) in [7, 11) is -3.16. The zero-order valence-electron chi connectivity index (χ0n) is 10.6. The maximum Gasteiger partial charge on any atom is 0.334 e. The topological polar surface area (TPSA) is 136 Å². The van der Waals surface area contributed by atoms with Crippen LogP contribution in [0.4, 0.5) is 10.1 Å². The number of nitro benzene ring substituents is 1. The number of halogens is 1. The molecule has 0 spiro atoms. The van der Waals surface area contributed by atoms with E-state index in [2.05, 4.69) is 4.74 Å². The zero-order chi connectivity index (χ0) is 16.2. The molecular weight excluding hydrogens is 311 g/mol. The van der Waals surface area contributed by atoms with E-state index in [0.29, 0.717) is 12.1 Å². The van der Waals surface area contributed by atoms with Crippen LogP contribution in [0.3, 0.4) is 0 Å². The molecule has 0 radical (unpaired) electrons. The molecule has 21 heavy (non-hydrogen) atoms. The van der Waals surface area contributed by atoms with Crippen LogP contribution in [0.1, 0.15) is 0 Å². The van der Waals surface area contributed by atoms with E-state index in [1.54, 1.807) is 0 Å². The van der Waals surface area contributed by atoms with Gasteiger partial charge in [-0.05, 0) is 12.1 Å². The SMILES string of the molecule is COC(CNS(=O)(=O)c1ccc(F)c([N+](=O)[O-])c1)C(=O)O. The molecule has 0 fully saturated rings. The first-order valence-electron chi connectivity index (χ1n) is 5.38. The van der Waals surface area contributed by atoms with E-state index in [1.165, 1.54) is 0 Å². The van der Waals surface area contributed by atoms with E-state index < -0.39 is 50.0 Å². The highest BCUT2D eigenvalue weighted by Crippen LogP contribution is 2.21. The number of carboxylic acid groups (broad SMARTS) is 1. The normalized spacial score (nSPS) is 12.9. The molecule has 11 heteroatoms. The number of nitrogens with one attached hydrogen (secondary N) is 1. The van der Waals surface area contributed by atoms with Gasteiger partial charge in [-0.2, -0.15) is 4.39 Å². The molecule has 1 aromatic rings. The number of hydrogen-bond acceptors (Lipinski definition) is 6. The van der Waals surface area contributed by atoms with Crippen molar-refractivity contribution >= 4 is 21.7 Å². The molecule has 0 aliphatic heterocycles. The first kappa shape index (κ1) is 16.9. The lowest BCUT2D eigenvalue weighted by Crippen LogP contribution is -2.37. The molecule has 1 atom stereocenters. The van der Waals surface area contributed by atoms with Crippen molar-refractivity contribution in [1.82, 2.24) is 4.72 Å². The van der Waals surface area contributed by atoms with Crippen LogP contribution in [0, 0.1) is 15.9 Å². The van der Waals surface area contributed by atoms with Crippen molar-refractivity contribution in [3.63, 3.8) is 0 Å². The molecule has 0 aliphatic carbocycles. The monoisotopic (exact) mass is 322 g/mol. The fourth-order valence-corrected chi connectivity index (χ4v) is 2.39. The summed E-state index contributed by atoms with van der Waals surface area (Å²) in [5.74, 6) is -2.57. The summed E-state index contributed by atoms with van der Waals surface area (Å²) < 4.78 is 43.3.